The zero-order valence-electron chi connectivity index (χ0n) is 10.3. The van der Waals surface area contributed by atoms with Crippen molar-refractivity contribution in [1.82, 2.24) is 9.80 Å². The number of Topliss-reactive ketones (excluding diaryl/α,β-unsaturated/α-hetero) is 1. The van der Waals surface area contributed by atoms with E-state index in [4.69, 9.17) is 0 Å². The second-order valence-corrected chi connectivity index (χ2v) is 4.53. The van der Waals surface area contributed by atoms with Crippen molar-refractivity contribution in [2.45, 2.75) is 39.2 Å². The van der Waals surface area contributed by atoms with E-state index in [1.165, 1.54) is 25.9 Å². The van der Waals surface area contributed by atoms with Gasteiger partial charge < -0.3 is 4.90 Å². The molecule has 1 atom stereocenters. The molecule has 1 heterocycles. The quantitative estimate of drug-likeness (QED) is 0.664. The Labute approximate surface area is 93.4 Å². The van der Waals surface area contributed by atoms with Crippen LogP contribution in [0.1, 0.15) is 33.1 Å². The average molecular weight is 212 g/mol. The van der Waals surface area contributed by atoms with Crippen LogP contribution in [0.5, 0.6) is 0 Å². The molecule has 0 aromatic heterocycles. The summed E-state index contributed by atoms with van der Waals surface area (Å²) in [7, 11) is 2.05. The van der Waals surface area contributed by atoms with Crippen molar-refractivity contribution in [3.05, 3.63) is 0 Å². The fourth-order valence-electron chi connectivity index (χ4n) is 2.04. The monoisotopic (exact) mass is 212 g/mol. The third kappa shape index (κ3) is 3.92. The third-order valence-corrected chi connectivity index (χ3v) is 3.44. The molecule has 0 radical (unpaired) electrons. The number of hydrogen-bond acceptors (Lipinski definition) is 3. The molecule has 0 amide bonds. The van der Waals surface area contributed by atoms with Gasteiger partial charge in [0.1, 0.15) is 5.78 Å². The predicted molar refractivity (Wildman–Crippen MR) is 63.1 cm³/mol. The van der Waals surface area contributed by atoms with Crippen molar-refractivity contribution < 1.29 is 4.79 Å². The first-order valence-corrected chi connectivity index (χ1v) is 6.10. The molecule has 0 spiro atoms. The van der Waals surface area contributed by atoms with Crippen LogP contribution in [-0.4, -0.2) is 54.9 Å². The molecular formula is C12H24N2O. The van der Waals surface area contributed by atoms with Crippen molar-refractivity contribution in [3.63, 3.8) is 0 Å². The van der Waals surface area contributed by atoms with Gasteiger partial charge in [-0.25, -0.2) is 0 Å². The van der Waals surface area contributed by atoms with Gasteiger partial charge >= 0.3 is 0 Å². The molecule has 1 saturated heterocycles. The Balaban J connectivity index is 2.22. The SMILES string of the molecule is CCC(=O)C(C)N(C)CCN1CCCC1. The Hall–Kier alpha value is -0.410. The number of carbonyl (C=O) groups is 1. The summed E-state index contributed by atoms with van der Waals surface area (Å²) in [5.41, 5.74) is 0. The van der Waals surface area contributed by atoms with Crippen LogP contribution in [0.2, 0.25) is 0 Å². The number of nitrogens with zero attached hydrogens (tertiary/aromatic N) is 2. The van der Waals surface area contributed by atoms with E-state index in [-0.39, 0.29) is 6.04 Å². The van der Waals surface area contributed by atoms with E-state index in [0.717, 1.165) is 13.1 Å². The number of likely N-dealkylation sites (N-methyl/N-ethyl adjacent to an activating group) is 1. The second-order valence-electron chi connectivity index (χ2n) is 4.53. The van der Waals surface area contributed by atoms with Crippen LogP contribution in [0.3, 0.4) is 0 Å². The first kappa shape index (κ1) is 12.7. The van der Waals surface area contributed by atoms with E-state index < -0.39 is 0 Å². The van der Waals surface area contributed by atoms with E-state index >= 15 is 0 Å². The van der Waals surface area contributed by atoms with E-state index in [0.29, 0.717) is 12.2 Å². The molecule has 0 bridgehead atoms. The Kier molecular flexibility index (Phi) is 5.26. The molecule has 0 saturated carbocycles. The van der Waals surface area contributed by atoms with Crippen molar-refractivity contribution in [3.8, 4) is 0 Å². The van der Waals surface area contributed by atoms with E-state index in [2.05, 4.69) is 9.80 Å². The lowest BCUT2D eigenvalue weighted by atomic mass is 10.1. The van der Waals surface area contributed by atoms with Gasteiger partial charge in [-0.3, -0.25) is 9.69 Å². The average Bonchev–Trinajstić information content (AvgIpc) is 2.76. The summed E-state index contributed by atoms with van der Waals surface area (Å²) in [6, 6.07) is 0.0811. The summed E-state index contributed by atoms with van der Waals surface area (Å²) in [4.78, 5) is 16.2. The van der Waals surface area contributed by atoms with Gasteiger partial charge in [0.15, 0.2) is 0 Å². The molecule has 1 unspecified atom stereocenters. The molecule has 1 rings (SSSR count). The minimum atomic E-state index is 0.0811. The zero-order valence-corrected chi connectivity index (χ0v) is 10.3. The minimum Gasteiger partial charge on any atom is -0.302 e. The maximum Gasteiger partial charge on any atom is 0.149 e. The molecule has 0 N–H and O–H groups in total. The third-order valence-electron chi connectivity index (χ3n) is 3.44. The molecule has 1 fully saturated rings. The van der Waals surface area contributed by atoms with Crippen LogP contribution >= 0.6 is 0 Å². The number of rotatable bonds is 6. The number of carbonyl (C=O) groups excluding carboxylic acids is 1. The smallest absolute Gasteiger partial charge is 0.149 e. The highest BCUT2D eigenvalue weighted by molar-refractivity contribution is 5.83. The van der Waals surface area contributed by atoms with Crippen LogP contribution in [0.25, 0.3) is 0 Å². The molecule has 1 aliphatic rings. The molecule has 0 aromatic carbocycles. The Morgan fingerprint density at radius 3 is 2.53 bits per heavy atom. The lowest BCUT2D eigenvalue weighted by molar-refractivity contribution is -0.123. The lowest BCUT2D eigenvalue weighted by Crippen LogP contribution is -2.40. The highest BCUT2D eigenvalue weighted by Gasteiger charge is 2.17. The summed E-state index contributed by atoms with van der Waals surface area (Å²) in [5, 5.41) is 0. The predicted octanol–water partition coefficient (Wildman–Crippen LogP) is 1.38. The number of likely N-dealkylation sites (tertiary alicyclic amines) is 1. The van der Waals surface area contributed by atoms with Gasteiger partial charge in [0.25, 0.3) is 0 Å². The molecular weight excluding hydrogens is 188 g/mol. The Morgan fingerprint density at radius 2 is 2.00 bits per heavy atom. The standard InChI is InChI=1S/C12H24N2O/c1-4-12(15)11(2)13(3)9-10-14-7-5-6-8-14/h11H,4-10H2,1-3H3. The van der Waals surface area contributed by atoms with Crippen LogP contribution in [0.4, 0.5) is 0 Å². The first-order chi connectivity index (χ1) is 7.15. The molecule has 1 aliphatic heterocycles. The number of ketones is 1. The molecule has 0 aliphatic carbocycles. The van der Waals surface area contributed by atoms with Gasteiger partial charge in [-0.1, -0.05) is 6.92 Å². The summed E-state index contributed by atoms with van der Waals surface area (Å²) >= 11 is 0. The molecule has 15 heavy (non-hydrogen) atoms. The topological polar surface area (TPSA) is 23.6 Å². The highest BCUT2D eigenvalue weighted by Crippen LogP contribution is 2.07. The summed E-state index contributed by atoms with van der Waals surface area (Å²) in [5.74, 6) is 0.346. The maximum absolute atomic E-state index is 11.5. The summed E-state index contributed by atoms with van der Waals surface area (Å²) in [6.07, 6.45) is 3.33. The fraction of sp³-hybridized carbons (Fsp3) is 0.917. The van der Waals surface area contributed by atoms with Crippen LogP contribution in [0.15, 0.2) is 0 Å². The maximum atomic E-state index is 11.5. The highest BCUT2D eigenvalue weighted by atomic mass is 16.1. The first-order valence-electron chi connectivity index (χ1n) is 6.10. The van der Waals surface area contributed by atoms with Gasteiger partial charge in [0, 0.05) is 19.5 Å². The lowest BCUT2D eigenvalue weighted by Gasteiger charge is -2.25. The van der Waals surface area contributed by atoms with Gasteiger partial charge in [0.2, 0.25) is 0 Å². The van der Waals surface area contributed by atoms with E-state index in [1.54, 1.807) is 0 Å². The van der Waals surface area contributed by atoms with Crippen molar-refractivity contribution in [2.75, 3.05) is 33.2 Å². The summed E-state index contributed by atoms with van der Waals surface area (Å²) < 4.78 is 0. The van der Waals surface area contributed by atoms with Gasteiger partial charge in [-0.15, -0.1) is 0 Å². The van der Waals surface area contributed by atoms with Crippen molar-refractivity contribution in [1.29, 1.82) is 0 Å². The van der Waals surface area contributed by atoms with E-state index in [9.17, 15) is 4.79 Å². The molecule has 3 nitrogen and oxygen atoms in total. The van der Waals surface area contributed by atoms with Gasteiger partial charge in [-0.2, -0.15) is 0 Å². The fourth-order valence-corrected chi connectivity index (χ4v) is 2.04. The second kappa shape index (κ2) is 6.23. The van der Waals surface area contributed by atoms with E-state index in [1.807, 2.05) is 20.9 Å². The van der Waals surface area contributed by atoms with Crippen molar-refractivity contribution >= 4 is 5.78 Å². The Bertz CT molecular complexity index is 200. The minimum absolute atomic E-state index is 0.0811. The number of hydrogen-bond donors (Lipinski definition) is 0. The zero-order chi connectivity index (χ0) is 11.3. The largest absolute Gasteiger partial charge is 0.302 e. The van der Waals surface area contributed by atoms with Crippen molar-refractivity contribution in [2.24, 2.45) is 0 Å². The van der Waals surface area contributed by atoms with Crippen LogP contribution in [-0.2, 0) is 4.79 Å². The van der Waals surface area contributed by atoms with Crippen LogP contribution < -0.4 is 0 Å². The molecule has 3 heteroatoms. The Morgan fingerprint density at radius 1 is 1.40 bits per heavy atom. The summed E-state index contributed by atoms with van der Waals surface area (Å²) in [6.45, 7) is 8.54. The van der Waals surface area contributed by atoms with Gasteiger partial charge in [-0.05, 0) is 39.9 Å². The molecule has 88 valence electrons. The van der Waals surface area contributed by atoms with Crippen LogP contribution in [0, 0.1) is 0 Å². The normalized spacial score (nSPS) is 19.7. The van der Waals surface area contributed by atoms with Gasteiger partial charge in [0.05, 0.1) is 6.04 Å². The molecule has 0 aromatic rings.